The Balaban J connectivity index is 1.65. The molecule has 2 aromatic carbocycles. The number of amides is 1. The fraction of sp³-hybridized carbons (Fsp3) is 0.500. The van der Waals surface area contributed by atoms with Crippen LogP contribution in [0.3, 0.4) is 0 Å². The molecule has 3 N–H and O–H groups in total. The van der Waals surface area contributed by atoms with Crippen molar-refractivity contribution in [3.63, 3.8) is 0 Å². The first-order valence-electron chi connectivity index (χ1n) is 11.9. The fourth-order valence-corrected chi connectivity index (χ4v) is 5.49. The van der Waals surface area contributed by atoms with Crippen molar-refractivity contribution in [2.75, 3.05) is 0 Å². The lowest BCUT2D eigenvalue weighted by Gasteiger charge is -2.31. The molecule has 0 aromatic heterocycles. The van der Waals surface area contributed by atoms with Gasteiger partial charge in [-0.3, -0.25) is 4.79 Å². The predicted molar refractivity (Wildman–Crippen MR) is 121 cm³/mol. The Kier molecular flexibility index (Phi) is 7.09. The summed E-state index contributed by atoms with van der Waals surface area (Å²) in [6.45, 7) is 3.02. The highest BCUT2D eigenvalue weighted by Crippen LogP contribution is 2.47. The van der Waals surface area contributed by atoms with Crippen molar-refractivity contribution in [3.05, 3.63) is 70.5 Å². The summed E-state index contributed by atoms with van der Waals surface area (Å²) in [6, 6.07) is 6.78. The van der Waals surface area contributed by atoms with Crippen molar-refractivity contribution in [1.82, 2.24) is 5.32 Å². The van der Waals surface area contributed by atoms with Gasteiger partial charge in [0, 0.05) is 12.0 Å². The zero-order valence-electron chi connectivity index (χ0n) is 20.1. The van der Waals surface area contributed by atoms with E-state index in [0.29, 0.717) is 37.0 Å². The number of benzene rings is 2. The average Bonchev–Trinajstić information content (AvgIpc) is 3.32. The maximum Gasteiger partial charge on any atom is 0.416 e. The molecule has 0 bridgehead atoms. The highest BCUT2D eigenvalue weighted by atomic mass is 19.4. The number of hydrogen-bond acceptors (Lipinski definition) is 3. The summed E-state index contributed by atoms with van der Waals surface area (Å²) in [4.78, 5) is 12.3. The van der Waals surface area contributed by atoms with Crippen LogP contribution in [-0.2, 0) is 21.9 Å². The number of alkyl halides is 6. The van der Waals surface area contributed by atoms with Crippen LogP contribution in [0.5, 0.6) is 0 Å². The molecular weight excluding hydrogens is 505 g/mol. The highest BCUT2D eigenvalue weighted by Gasteiger charge is 2.49. The van der Waals surface area contributed by atoms with Gasteiger partial charge in [-0.05, 0) is 80.5 Å². The highest BCUT2D eigenvalue weighted by molar-refractivity contribution is 5.88. The molecule has 1 unspecified atom stereocenters. The maximum atomic E-state index is 13.6. The van der Waals surface area contributed by atoms with Crippen molar-refractivity contribution >= 4 is 5.91 Å². The molecule has 11 heteroatoms. The molecule has 1 heterocycles. The van der Waals surface area contributed by atoms with Gasteiger partial charge in [-0.15, -0.1) is 0 Å². The van der Waals surface area contributed by atoms with Gasteiger partial charge in [0.15, 0.2) is 0 Å². The molecule has 202 valence electrons. The molecule has 2 fully saturated rings. The third kappa shape index (κ3) is 5.77. The van der Waals surface area contributed by atoms with Gasteiger partial charge in [0.1, 0.15) is 5.82 Å². The second-order valence-corrected chi connectivity index (χ2v) is 10.2. The average molecular weight is 533 g/mol. The summed E-state index contributed by atoms with van der Waals surface area (Å²) < 4.78 is 99.9. The number of carbonyl (C=O) groups excluding carboxylic acids is 1. The molecule has 1 amide bonds. The number of halogens is 7. The molecule has 2 aromatic rings. The summed E-state index contributed by atoms with van der Waals surface area (Å²) in [5.41, 5.74) is 2.63. The van der Waals surface area contributed by atoms with E-state index in [4.69, 9.17) is 10.5 Å². The Labute approximate surface area is 209 Å². The third-order valence-electron chi connectivity index (χ3n) is 7.36. The van der Waals surface area contributed by atoms with Crippen LogP contribution in [0.15, 0.2) is 42.5 Å². The van der Waals surface area contributed by atoms with Crippen LogP contribution < -0.4 is 11.1 Å². The quantitative estimate of drug-likeness (QED) is 0.457. The summed E-state index contributed by atoms with van der Waals surface area (Å²) in [6.07, 6.45) is -10.3. The summed E-state index contributed by atoms with van der Waals surface area (Å²) in [7, 11) is 0. The third-order valence-corrected chi connectivity index (χ3v) is 7.36. The summed E-state index contributed by atoms with van der Waals surface area (Å²) in [5, 5.41) is 2.91. The molecule has 2 aliphatic rings. The molecule has 4 nitrogen and oxygen atoms in total. The zero-order valence-corrected chi connectivity index (χ0v) is 20.1. The first kappa shape index (κ1) is 27.4. The minimum Gasteiger partial charge on any atom is -0.370 e. The van der Waals surface area contributed by atoms with Gasteiger partial charge in [0.05, 0.1) is 28.9 Å². The standard InChI is InChI=1S/C26H27F7N2O2/c1-13(15-9-16(25(28,29)30)11-17(10-15)26(31,32)33)37-21-8-7-19(20-12-24(2,34)23(36)35-20)22(21)14-3-5-18(27)6-4-14/h3-6,9-11,13,19-22H,7-8,12,34H2,1-2H3,(H,35,36)/t13-,19+,20?,21+,22+,24+/m1/s1. The number of carbonyl (C=O) groups is 1. The number of nitrogens with two attached hydrogens (primary N) is 1. The largest absolute Gasteiger partial charge is 0.416 e. The van der Waals surface area contributed by atoms with E-state index in [1.807, 2.05) is 0 Å². The molecule has 1 aliphatic carbocycles. The normalized spacial score (nSPS) is 29.4. The number of rotatable bonds is 5. The second kappa shape index (κ2) is 9.58. The number of hydrogen-bond donors (Lipinski definition) is 2. The van der Waals surface area contributed by atoms with E-state index < -0.39 is 53.0 Å². The Morgan fingerprint density at radius 2 is 1.57 bits per heavy atom. The lowest BCUT2D eigenvalue weighted by molar-refractivity contribution is -0.143. The van der Waals surface area contributed by atoms with Gasteiger partial charge < -0.3 is 15.8 Å². The van der Waals surface area contributed by atoms with Crippen LogP contribution in [0.4, 0.5) is 30.7 Å². The van der Waals surface area contributed by atoms with E-state index in [9.17, 15) is 35.5 Å². The van der Waals surface area contributed by atoms with E-state index in [2.05, 4.69) is 5.32 Å². The molecule has 6 atom stereocenters. The fourth-order valence-electron chi connectivity index (χ4n) is 5.49. The minimum absolute atomic E-state index is 0.0791. The van der Waals surface area contributed by atoms with Crippen LogP contribution in [0.1, 0.15) is 67.4 Å². The Morgan fingerprint density at radius 1 is 1.00 bits per heavy atom. The second-order valence-electron chi connectivity index (χ2n) is 10.2. The Morgan fingerprint density at radius 3 is 2.05 bits per heavy atom. The monoisotopic (exact) mass is 532 g/mol. The maximum absolute atomic E-state index is 13.6. The summed E-state index contributed by atoms with van der Waals surface area (Å²) in [5.74, 6) is -1.34. The molecule has 0 spiro atoms. The molecule has 4 rings (SSSR count). The van der Waals surface area contributed by atoms with Gasteiger partial charge in [-0.1, -0.05) is 12.1 Å². The van der Waals surface area contributed by atoms with Gasteiger partial charge in [-0.2, -0.15) is 26.3 Å². The van der Waals surface area contributed by atoms with Crippen LogP contribution in [-0.4, -0.2) is 23.6 Å². The lowest BCUT2D eigenvalue weighted by Crippen LogP contribution is -2.43. The lowest BCUT2D eigenvalue weighted by atomic mass is 9.81. The number of ether oxygens (including phenoxy) is 1. The van der Waals surface area contributed by atoms with Crippen molar-refractivity contribution in [1.29, 1.82) is 0 Å². The Bertz CT molecular complexity index is 1110. The van der Waals surface area contributed by atoms with E-state index >= 15 is 0 Å². The van der Waals surface area contributed by atoms with Crippen LogP contribution >= 0.6 is 0 Å². The van der Waals surface area contributed by atoms with Crippen molar-refractivity contribution in [2.45, 2.75) is 75.2 Å². The molecular formula is C26H27F7N2O2. The van der Waals surface area contributed by atoms with Gasteiger partial charge in [0.25, 0.3) is 0 Å². The van der Waals surface area contributed by atoms with E-state index in [-0.39, 0.29) is 29.5 Å². The number of nitrogens with one attached hydrogen (secondary N) is 1. The topological polar surface area (TPSA) is 64.3 Å². The van der Waals surface area contributed by atoms with Gasteiger partial charge >= 0.3 is 12.4 Å². The van der Waals surface area contributed by atoms with E-state index in [1.165, 1.54) is 19.1 Å². The molecule has 1 saturated heterocycles. The predicted octanol–water partition coefficient (Wildman–Crippen LogP) is 6.11. The smallest absolute Gasteiger partial charge is 0.370 e. The van der Waals surface area contributed by atoms with Crippen LogP contribution in [0.2, 0.25) is 0 Å². The van der Waals surface area contributed by atoms with E-state index in [1.54, 1.807) is 19.1 Å². The molecule has 1 aliphatic heterocycles. The SMILES string of the molecule is C[C@@H](O[C@H]1CC[C@@H](C2C[C@](C)(N)C(=O)N2)[C@@H]1c1ccc(F)cc1)c1cc(C(F)(F)F)cc(C(F)(F)F)c1. The van der Waals surface area contributed by atoms with Gasteiger partial charge in [-0.25, -0.2) is 4.39 Å². The first-order chi connectivity index (χ1) is 17.1. The van der Waals surface area contributed by atoms with Crippen molar-refractivity contribution < 1.29 is 40.3 Å². The minimum atomic E-state index is -4.97. The molecule has 1 saturated carbocycles. The Hall–Kier alpha value is -2.66. The first-order valence-corrected chi connectivity index (χ1v) is 11.9. The molecule has 0 radical (unpaired) electrons. The summed E-state index contributed by atoms with van der Waals surface area (Å²) >= 11 is 0. The zero-order chi connectivity index (χ0) is 27.3. The van der Waals surface area contributed by atoms with Gasteiger partial charge in [0.2, 0.25) is 5.91 Å². The van der Waals surface area contributed by atoms with E-state index in [0.717, 1.165) is 0 Å². The van der Waals surface area contributed by atoms with Crippen molar-refractivity contribution in [2.24, 2.45) is 11.7 Å². The molecule has 37 heavy (non-hydrogen) atoms. The van der Waals surface area contributed by atoms with Crippen LogP contribution in [0.25, 0.3) is 0 Å². The van der Waals surface area contributed by atoms with Crippen LogP contribution in [0, 0.1) is 11.7 Å². The van der Waals surface area contributed by atoms with Crippen molar-refractivity contribution in [3.8, 4) is 0 Å².